The molecule has 3 rings (SSSR count). The monoisotopic (exact) mass is 410 g/mol. The van der Waals surface area contributed by atoms with Gasteiger partial charge in [-0.25, -0.2) is 9.78 Å². The number of unbranched alkanes of at least 4 members (excludes halogenated alkanes) is 1. The molecule has 0 bridgehead atoms. The van der Waals surface area contributed by atoms with Crippen LogP contribution in [-0.2, 0) is 9.53 Å². The Morgan fingerprint density at radius 2 is 1.87 bits per heavy atom. The van der Waals surface area contributed by atoms with E-state index in [-0.39, 0.29) is 0 Å². The lowest BCUT2D eigenvalue weighted by Crippen LogP contribution is -2.22. The predicted octanol–water partition coefficient (Wildman–Crippen LogP) is 4.30. The van der Waals surface area contributed by atoms with E-state index in [1.807, 2.05) is 25.1 Å². The normalized spacial score (nSPS) is 11.7. The van der Waals surface area contributed by atoms with Crippen LogP contribution in [0.1, 0.15) is 31.4 Å². The molecular weight excluding hydrogens is 384 g/mol. The number of methoxy groups -OCH3 is 2. The minimum atomic E-state index is -0.960. The van der Waals surface area contributed by atoms with Gasteiger partial charge in [-0.3, -0.25) is 0 Å². The van der Waals surface area contributed by atoms with E-state index >= 15 is 0 Å². The molecular formula is C23H26N2O5. The highest BCUT2D eigenvalue weighted by atomic mass is 16.6. The van der Waals surface area contributed by atoms with E-state index < -0.39 is 12.1 Å². The van der Waals surface area contributed by atoms with E-state index in [1.54, 1.807) is 44.7 Å². The quantitative estimate of drug-likeness (QED) is 0.415. The van der Waals surface area contributed by atoms with E-state index in [4.69, 9.17) is 24.7 Å². The fraction of sp³-hybridized carbons (Fsp3) is 0.304. The molecule has 2 aromatic carbocycles. The van der Waals surface area contributed by atoms with Crippen LogP contribution in [0.25, 0.3) is 10.8 Å². The Bertz CT molecular complexity index is 1020. The Labute approximate surface area is 175 Å². The Kier molecular flexibility index (Phi) is 6.95. The third kappa shape index (κ3) is 4.74. The van der Waals surface area contributed by atoms with Crippen molar-refractivity contribution in [3.63, 3.8) is 0 Å². The van der Waals surface area contributed by atoms with Crippen LogP contribution < -0.4 is 19.9 Å². The number of aromatic nitrogens is 1. The van der Waals surface area contributed by atoms with Crippen molar-refractivity contribution < 1.29 is 23.7 Å². The molecule has 0 aliphatic heterocycles. The van der Waals surface area contributed by atoms with E-state index in [2.05, 4.69) is 4.98 Å². The fourth-order valence-corrected chi connectivity index (χ4v) is 3.05. The van der Waals surface area contributed by atoms with Crippen LogP contribution >= 0.6 is 0 Å². The largest absolute Gasteiger partial charge is 0.493 e. The third-order valence-electron chi connectivity index (χ3n) is 4.69. The highest BCUT2D eigenvalue weighted by Gasteiger charge is 2.26. The number of fused-ring (bicyclic) bond motifs is 1. The number of rotatable bonds is 9. The molecule has 1 unspecified atom stereocenters. The minimum absolute atomic E-state index is 0.336. The number of hydrogen-bond acceptors (Lipinski definition) is 7. The van der Waals surface area contributed by atoms with Crippen molar-refractivity contribution in [1.29, 1.82) is 0 Å². The first-order chi connectivity index (χ1) is 14.6. The third-order valence-corrected chi connectivity index (χ3v) is 4.69. The van der Waals surface area contributed by atoms with E-state index in [9.17, 15) is 4.79 Å². The van der Waals surface area contributed by atoms with Crippen LogP contribution in [0.3, 0.4) is 0 Å². The number of pyridine rings is 1. The molecule has 0 radical (unpaired) electrons. The molecule has 3 aromatic rings. The molecule has 0 amide bonds. The summed E-state index contributed by atoms with van der Waals surface area (Å²) in [5.41, 5.74) is 6.52. The summed E-state index contributed by atoms with van der Waals surface area (Å²) in [5.74, 6) is 1.55. The van der Waals surface area contributed by atoms with Gasteiger partial charge in [0.05, 0.1) is 20.8 Å². The van der Waals surface area contributed by atoms with Gasteiger partial charge in [-0.05, 0) is 48.2 Å². The number of nitrogen functional groups attached to an aromatic ring is 1. The van der Waals surface area contributed by atoms with Gasteiger partial charge in [-0.1, -0.05) is 19.4 Å². The summed E-state index contributed by atoms with van der Waals surface area (Å²) in [6.07, 6.45) is 2.38. The summed E-state index contributed by atoms with van der Waals surface area (Å²) >= 11 is 0. The van der Waals surface area contributed by atoms with Gasteiger partial charge < -0.3 is 24.7 Å². The van der Waals surface area contributed by atoms with Crippen LogP contribution in [0.5, 0.6) is 17.2 Å². The van der Waals surface area contributed by atoms with Gasteiger partial charge >= 0.3 is 5.97 Å². The van der Waals surface area contributed by atoms with Crippen molar-refractivity contribution in [2.24, 2.45) is 0 Å². The van der Waals surface area contributed by atoms with Crippen molar-refractivity contribution in [2.75, 3.05) is 26.6 Å². The summed E-state index contributed by atoms with van der Waals surface area (Å²) in [5, 5.41) is 1.68. The first-order valence-corrected chi connectivity index (χ1v) is 9.76. The summed E-state index contributed by atoms with van der Waals surface area (Å²) in [6, 6.07) is 12.4. The highest BCUT2D eigenvalue weighted by Crippen LogP contribution is 2.33. The Morgan fingerprint density at radius 1 is 1.07 bits per heavy atom. The molecule has 7 nitrogen and oxygen atoms in total. The zero-order chi connectivity index (χ0) is 21.5. The van der Waals surface area contributed by atoms with Gasteiger partial charge in [-0.15, -0.1) is 0 Å². The summed E-state index contributed by atoms with van der Waals surface area (Å²) < 4.78 is 22.2. The highest BCUT2D eigenvalue weighted by molar-refractivity contribution is 5.91. The topological polar surface area (TPSA) is 92.9 Å². The fourth-order valence-electron chi connectivity index (χ4n) is 3.05. The molecule has 1 atom stereocenters. The minimum Gasteiger partial charge on any atom is -0.493 e. The molecule has 1 heterocycles. The number of hydrogen-bond donors (Lipinski definition) is 1. The number of nitrogens with two attached hydrogens (primary N) is 1. The Hall–Kier alpha value is -3.48. The summed E-state index contributed by atoms with van der Waals surface area (Å²) in [7, 11) is 3.10. The van der Waals surface area contributed by atoms with Crippen molar-refractivity contribution >= 4 is 22.6 Å². The summed E-state index contributed by atoms with van der Waals surface area (Å²) in [6.45, 7) is 2.37. The Morgan fingerprint density at radius 3 is 2.60 bits per heavy atom. The second-order valence-corrected chi connectivity index (χ2v) is 6.71. The standard InChI is InChI=1S/C23H26N2O5/c1-4-5-12-29-23(26)21(16-6-9-19(27-2)20(14-16)28-3)30-17-7-8-18-15(13-17)10-11-25-22(18)24/h6-11,13-14,21H,4-5,12H2,1-3H3,(H2,24,25). The lowest BCUT2D eigenvalue weighted by Gasteiger charge is -2.20. The second-order valence-electron chi connectivity index (χ2n) is 6.71. The zero-order valence-corrected chi connectivity index (χ0v) is 17.4. The zero-order valence-electron chi connectivity index (χ0n) is 17.4. The number of carbonyl (C=O) groups excluding carboxylic acids is 1. The molecule has 30 heavy (non-hydrogen) atoms. The van der Waals surface area contributed by atoms with E-state index in [0.29, 0.717) is 35.2 Å². The summed E-state index contributed by atoms with van der Waals surface area (Å²) in [4.78, 5) is 16.9. The van der Waals surface area contributed by atoms with Gasteiger partial charge in [0.15, 0.2) is 11.5 Å². The van der Waals surface area contributed by atoms with Crippen LogP contribution in [0, 0.1) is 0 Å². The van der Waals surface area contributed by atoms with Crippen molar-refractivity contribution in [3.05, 3.63) is 54.2 Å². The van der Waals surface area contributed by atoms with Gasteiger partial charge in [0.1, 0.15) is 11.6 Å². The van der Waals surface area contributed by atoms with Crippen LogP contribution in [0.2, 0.25) is 0 Å². The maximum atomic E-state index is 12.8. The molecule has 2 N–H and O–H groups in total. The molecule has 7 heteroatoms. The maximum Gasteiger partial charge on any atom is 0.352 e. The molecule has 0 aliphatic rings. The number of anilines is 1. The molecule has 0 aliphatic carbocycles. The molecule has 0 saturated heterocycles. The first-order valence-electron chi connectivity index (χ1n) is 9.76. The molecule has 0 saturated carbocycles. The van der Waals surface area contributed by atoms with Crippen molar-refractivity contribution in [3.8, 4) is 17.2 Å². The second kappa shape index (κ2) is 9.82. The number of nitrogens with zero attached hydrogens (tertiary/aromatic N) is 1. The van der Waals surface area contributed by atoms with Gasteiger partial charge in [-0.2, -0.15) is 0 Å². The van der Waals surface area contributed by atoms with E-state index in [1.165, 1.54) is 0 Å². The average molecular weight is 410 g/mol. The van der Waals surface area contributed by atoms with Crippen molar-refractivity contribution in [1.82, 2.24) is 4.98 Å². The lowest BCUT2D eigenvalue weighted by molar-refractivity contribution is -0.152. The van der Waals surface area contributed by atoms with E-state index in [0.717, 1.165) is 23.6 Å². The maximum absolute atomic E-state index is 12.8. The Balaban J connectivity index is 1.94. The first kappa shape index (κ1) is 21.2. The number of benzene rings is 2. The molecule has 0 spiro atoms. The van der Waals surface area contributed by atoms with Crippen LogP contribution in [0.4, 0.5) is 5.82 Å². The smallest absolute Gasteiger partial charge is 0.352 e. The number of esters is 1. The predicted molar refractivity (Wildman–Crippen MR) is 115 cm³/mol. The molecule has 1 aromatic heterocycles. The number of carbonyl (C=O) groups is 1. The van der Waals surface area contributed by atoms with Crippen LogP contribution in [0.15, 0.2) is 48.7 Å². The molecule has 158 valence electrons. The SMILES string of the molecule is CCCCOC(=O)C(Oc1ccc2c(N)nccc2c1)c1ccc(OC)c(OC)c1. The number of ether oxygens (including phenoxy) is 4. The molecule has 0 fully saturated rings. The van der Waals surface area contributed by atoms with Gasteiger partial charge in [0, 0.05) is 17.1 Å². The van der Waals surface area contributed by atoms with Gasteiger partial charge in [0.25, 0.3) is 0 Å². The lowest BCUT2D eigenvalue weighted by atomic mass is 10.1. The van der Waals surface area contributed by atoms with Crippen LogP contribution in [-0.4, -0.2) is 31.8 Å². The van der Waals surface area contributed by atoms with Crippen molar-refractivity contribution in [2.45, 2.75) is 25.9 Å². The average Bonchev–Trinajstić information content (AvgIpc) is 2.77. The van der Waals surface area contributed by atoms with Gasteiger partial charge in [0.2, 0.25) is 6.10 Å².